The second-order valence-corrected chi connectivity index (χ2v) is 2.99. The normalized spacial score (nSPS) is 16.4. The fraction of sp³-hybridized carbons (Fsp3) is 1.00. The number of hydrogen-bond acceptors (Lipinski definition) is 3. The Morgan fingerprint density at radius 2 is 2.18 bits per heavy atom. The van der Waals surface area contributed by atoms with Crippen molar-refractivity contribution in [2.75, 3.05) is 13.1 Å². The van der Waals surface area contributed by atoms with Crippen LogP contribution >= 0.6 is 0 Å². The summed E-state index contributed by atoms with van der Waals surface area (Å²) in [6.07, 6.45) is 1.68. The summed E-state index contributed by atoms with van der Waals surface area (Å²) in [6.45, 7) is 5.36. The molecule has 0 aliphatic carbocycles. The highest BCUT2D eigenvalue weighted by Crippen LogP contribution is 1.94. The predicted octanol–water partition coefficient (Wildman–Crippen LogP) is 0.0842. The van der Waals surface area contributed by atoms with Gasteiger partial charge < -0.3 is 16.2 Å². The third-order valence-corrected chi connectivity index (χ3v) is 1.68. The molecule has 3 nitrogen and oxygen atoms in total. The Hall–Kier alpha value is -0.120. The van der Waals surface area contributed by atoms with Gasteiger partial charge in [-0.3, -0.25) is 0 Å². The Labute approximate surface area is 69.0 Å². The molecule has 0 aromatic carbocycles. The first-order valence-corrected chi connectivity index (χ1v) is 4.32. The summed E-state index contributed by atoms with van der Waals surface area (Å²) < 4.78 is 0. The molecule has 11 heavy (non-hydrogen) atoms. The molecule has 68 valence electrons. The highest BCUT2D eigenvalue weighted by Gasteiger charge is 2.03. The summed E-state index contributed by atoms with van der Waals surface area (Å²) in [4.78, 5) is 0. The molecule has 0 spiro atoms. The van der Waals surface area contributed by atoms with E-state index in [1.54, 1.807) is 0 Å². The van der Waals surface area contributed by atoms with Gasteiger partial charge in [-0.05, 0) is 13.3 Å². The Bertz CT molecular complexity index is 88.2. The van der Waals surface area contributed by atoms with Crippen LogP contribution in [0.4, 0.5) is 0 Å². The Balaban J connectivity index is 3.22. The molecular weight excluding hydrogens is 140 g/mol. The van der Waals surface area contributed by atoms with Crippen LogP contribution in [0.2, 0.25) is 0 Å². The third-order valence-electron chi connectivity index (χ3n) is 1.68. The summed E-state index contributed by atoms with van der Waals surface area (Å²) >= 11 is 0. The predicted molar refractivity (Wildman–Crippen MR) is 47.4 cm³/mol. The van der Waals surface area contributed by atoms with E-state index in [1.807, 2.05) is 6.92 Å². The monoisotopic (exact) mass is 160 g/mol. The first-order chi connectivity index (χ1) is 5.20. The maximum Gasteiger partial charge on any atom is 0.0664 e. The average Bonchev–Trinajstić information content (AvgIpc) is 2.01. The fourth-order valence-electron chi connectivity index (χ4n) is 0.856. The van der Waals surface area contributed by atoms with Gasteiger partial charge in [-0.25, -0.2) is 0 Å². The van der Waals surface area contributed by atoms with E-state index in [2.05, 4.69) is 12.2 Å². The number of nitrogens with one attached hydrogen (secondary N) is 1. The van der Waals surface area contributed by atoms with Crippen LogP contribution in [0, 0.1) is 0 Å². The van der Waals surface area contributed by atoms with E-state index in [9.17, 15) is 5.11 Å². The molecule has 0 fully saturated rings. The maximum absolute atomic E-state index is 9.29. The van der Waals surface area contributed by atoms with Crippen LogP contribution in [0.5, 0.6) is 0 Å². The minimum atomic E-state index is -0.214. The van der Waals surface area contributed by atoms with Gasteiger partial charge in [-0.1, -0.05) is 13.3 Å². The van der Waals surface area contributed by atoms with Crippen molar-refractivity contribution in [2.45, 2.75) is 38.8 Å². The molecule has 2 unspecified atom stereocenters. The zero-order chi connectivity index (χ0) is 8.69. The standard InChI is InChI=1S/C8H20N2O/c1-3-4-8(11)6-10-7(2)5-9/h7-8,10-11H,3-6,9H2,1-2H3. The van der Waals surface area contributed by atoms with Gasteiger partial charge in [-0.15, -0.1) is 0 Å². The van der Waals surface area contributed by atoms with Crippen LogP contribution in [-0.4, -0.2) is 30.3 Å². The van der Waals surface area contributed by atoms with Gasteiger partial charge in [0.15, 0.2) is 0 Å². The number of aliphatic hydroxyl groups is 1. The van der Waals surface area contributed by atoms with Gasteiger partial charge in [-0.2, -0.15) is 0 Å². The van der Waals surface area contributed by atoms with Gasteiger partial charge in [0, 0.05) is 19.1 Å². The maximum atomic E-state index is 9.29. The molecule has 0 aromatic heterocycles. The van der Waals surface area contributed by atoms with Crippen molar-refractivity contribution in [1.82, 2.24) is 5.32 Å². The molecule has 2 atom stereocenters. The lowest BCUT2D eigenvalue weighted by molar-refractivity contribution is 0.157. The van der Waals surface area contributed by atoms with Gasteiger partial charge in [0.1, 0.15) is 0 Å². The largest absolute Gasteiger partial charge is 0.392 e. The van der Waals surface area contributed by atoms with E-state index in [4.69, 9.17) is 5.73 Å². The van der Waals surface area contributed by atoms with Crippen molar-refractivity contribution >= 4 is 0 Å². The third kappa shape index (κ3) is 6.28. The van der Waals surface area contributed by atoms with Crippen LogP contribution in [-0.2, 0) is 0 Å². The number of aliphatic hydroxyl groups excluding tert-OH is 1. The lowest BCUT2D eigenvalue weighted by Crippen LogP contribution is -2.38. The molecule has 0 rings (SSSR count). The van der Waals surface area contributed by atoms with Crippen LogP contribution in [0.15, 0.2) is 0 Å². The molecule has 0 saturated carbocycles. The zero-order valence-corrected chi connectivity index (χ0v) is 7.51. The Kier molecular flexibility index (Phi) is 6.51. The molecule has 3 heteroatoms. The first kappa shape index (κ1) is 10.9. The quantitative estimate of drug-likeness (QED) is 0.516. The molecular formula is C8H20N2O. The molecule has 0 aliphatic heterocycles. The lowest BCUT2D eigenvalue weighted by atomic mass is 10.2. The van der Waals surface area contributed by atoms with Gasteiger partial charge in [0.05, 0.1) is 6.10 Å². The SMILES string of the molecule is CCCC(O)CNC(C)CN. The Morgan fingerprint density at radius 1 is 1.55 bits per heavy atom. The topological polar surface area (TPSA) is 58.3 Å². The van der Waals surface area contributed by atoms with Crippen molar-refractivity contribution in [3.63, 3.8) is 0 Å². The molecule has 0 saturated heterocycles. The summed E-state index contributed by atoms with van der Waals surface area (Å²) in [5.41, 5.74) is 5.39. The summed E-state index contributed by atoms with van der Waals surface area (Å²) in [5, 5.41) is 12.4. The van der Waals surface area contributed by atoms with E-state index >= 15 is 0 Å². The molecule has 4 N–H and O–H groups in total. The summed E-state index contributed by atoms with van der Waals surface area (Å²) in [7, 11) is 0. The highest BCUT2D eigenvalue weighted by atomic mass is 16.3. The van der Waals surface area contributed by atoms with E-state index in [-0.39, 0.29) is 6.10 Å². The second-order valence-electron chi connectivity index (χ2n) is 2.99. The molecule has 0 amide bonds. The fourth-order valence-corrected chi connectivity index (χ4v) is 0.856. The number of nitrogens with two attached hydrogens (primary N) is 1. The van der Waals surface area contributed by atoms with E-state index < -0.39 is 0 Å². The van der Waals surface area contributed by atoms with Gasteiger partial charge in [0.2, 0.25) is 0 Å². The van der Waals surface area contributed by atoms with Crippen molar-refractivity contribution in [2.24, 2.45) is 5.73 Å². The van der Waals surface area contributed by atoms with E-state index in [1.165, 1.54) is 0 Å². The summed E-state index contributed by atoms with van der Waals surface area (Å²) in [6, 6.07) is 0.307. The lowest BCUT2D eigenvalue weighted by Gasteiger charge is -2.14. The van der Waals surface area contributed by atoms with Crippen molar-refractivity contribution in [3.05, 3.63) is 0 Å². The van der Waals surface area contributed by atoms with Crippen molar-refractivity contribution < 1.29 is 5.11 Å². The van der Waals surface area contributed by atoms with Gasteiger partial charge in [0.25, 0.3) is 0 Å². The highest BCUT2D eigenvalue weighted by molar-refractivity contribution is 4.64. The Morgan fingerprint density at radius 3 is 2.64 bits per heavy atom. The average molecular weight is 160 g/mol. The van der Waals surface area contributed by atoms with Gasteiger partial charge >= 0.3 is 0 Å². The minimum absolute atomic E-state index is 0.214. The zero-order valence-electron chi connectivity index (χ0n) is 7.51. The second kappa shape index (κ2) is 6.58. The summed E-state index contributed by atoms with van der Waals surface area (Å²) in [5.74, 6) is 0. The first-order valence-electron chi connectivity index (χ1n) is 4.32. The van der Waals surface area contributed by atoms with Crippen LogP contribution in [0.1, 0.15) is 26.7 Å². The molecule has 0 aromatic rings. The number of hydrogen-bond donors (Lipinski definition) is 3. The van der Waals surface area contributed by atoms with E-state index in [0.29, 0.717) is 19.1 Å². The molecule has 0 heterocycles. The number of rotatable bonds is 6. The van der Waals surface area contributed by atoms with Crippen LogP contribution in [0.3, 0.4) is 0 Å². The smallest absolute Gasteiger partial charge is 0.0664 e. The van der Waals surface area contributed by atoms with Crippen molar-refractivity contribution in [3.8, 4) is 0 Å². The van der Waals surface area contributed by atoms with Crippen molar-refractivity contribution in [1.29, 1.82) is 0 Å². The molecule has 0 radical (unpaired) electrons. The molecule has 0 bridgehead atoms. The minimum Gasteiger partial charge on any atom is -0.392 e. The molecule has 0 aliphatic rings. The van der Waals surface area contributed by atoms with Crippen LogP contribution < -0.4 is 11.1 Å². The van der Waals surface area contributed by atoms with Crippen LogP contribution in [0.25, 0.3) is 0 Å². The van der Waals surface area contributed by atoms with E-state index in [0.717, 1.165) is 12.8 Å².